The fourth-order valence-corrected chi connectivity index (χ4v) is 2.75. The molecule has 2 unspecified atom stereocenters. The third-order valence-corrected chi connectivity index (χ3v) is 4.08. The van der Waals surface area contributed by atoms with Crippen molar-refractivity contribution in [3.63, 3.8) is 0 Å². The van der Waals surface area contributed by atoms with E-state index in [-0.39, 0.29) is 5.91 Å². The second-order valence-electron chi connectivity index (χ2n) is 7.66. The summed E-state index contributed by atoms with van der Waals surface area (Å²) in [5.41, 5.74) is 0.770. The maximum Gasteiger partial charge on any atom is 0.223 e. The second kappa shape index (κ2) is 5.20. The Morgan fingerprint density at radius 2 is 1.83 bits per heavy atom. The molecule has 2 atom stereocenters. The highest BCUT2D eigenvalue weighted by Crippen LogP contribution is 2.56. The molecule has 18 heavy (non-hydrogen) atoms. The molecule has 0 heterocycles. The SMILES string of the molecule is CN(C)C(=O)CCNC1C(CC(C)(C)C)C1(C)C. The van der Waals surface area contributed by atoms with Gasteiger partial charge in [-0.3, -0.25) is 4.79 Å². The Balaban J connectivity index is 2.34. The van der Waals surface area contributed by atoms with Crippen molar-refractivity contribution < 1.29 is 4.79 Å². The largest absolute Gasteiger partial charge is 0.349 e. The number of amides is 1. The van der Waals surface area contributed by atoms with Gasteiger partial charge in [0.25, 0.3) is 0 Å². The molecule has 1 amide bonds. The van der Waals surface area contributed by atoms with Gasteiger partial charge < -0.3 is 10.2 Å². The molecule has 0 aromatic rings. The van der Waals surface area contributed by atoms with Crippen LogP contribution in [0.3, 0.4) is 0 Å². The lowest BCUT2D eigenvalue weighted by Gasteiger charge is -2.18. The number of hydrogen-bond donors (Lipinski definition) is 1. The highest BCUT2D eigenvalue weighted by Gasteiger charge is 2.57. The van der Waals surface area contributed by atoms with Crippen LogP contribution in [0.5, 0.6) is 0 Å². The number of carbonyl (C=O) groups is 1. The van der Waals surface area contributed by atoms with Crippen LogP contribution in [-0.2, 0) is 4.79 Å². The summed E-state index contributed by atoms with van der Waals surface area (Å²) < 4.78 is 0. The molecule has 106 valence electrons. The summed E-state index contributed by atoms with van der Waals surface area (Å²) in [6.45, 7) is 12.4. The van der Waals surface area contributed by atoms with Gasteiger partial charge in [-0.1, -0.05) is 34.6 Å². The number of carbonyl (C=O) groups excluding carboxylic acids is 1. The van der Waals surface area contributed by atoms with Gasteiger partial charge in [0.1, 0.15) is 0 Å². The first kappa shape index (κ1) is 15.5. The van der Waals surface area contributed by atoms with Crippen LogP contribution < -0.4 is 5.32 Å². The topological polar surface area (TPSA) is 32.3 Å². The molecule has 0 aliphatic heterocycles. The van der Waals surface area contributed by atoms with Gasteiger partial charge in [-0.2, -0.15) is 0 Å². The maximum atomic E-state index is 11.5. The molecule has 0 aromatic heterocycles. The zero-order valence-corrected chi connectivity index (χ0v) is 13.1. The summed E-state index contributed by atoms with van der Waals surface area (Å²) in [6.07, 6.45) is 1.85. The van der Waals surface area contributed by atoms with E-state index < -0.39 is 0 Å². The van der Waals surface area contributed by atoms with E-state index in [1.54, 1.807) is 4.90 Å². The minimum Gasteiger partial charge on any atom is -0.349 e. The molecule has 1 N–H and O–H groups in total. The summed E-state index contributed by atoms with van der Waals surface area (Å²) in [5, 5.41) is 3.56. The van der Waals surface area contributed by atoms with Crippen LogP contribution in [0.1, 0.15) is 47.5 Å². The average molecular weight is 254 g/mol. The molecule has 1 aliphatic carbocycles. The van der Waals surface area contributed by atoms with E-state index in [0.29, 0.717) is 23.3 Å². The Kier molecular flexibility index (Phi) is 4.47. The first-order chi connectivity index (χ1) is 8.05. The number of rotatable bonds is 5. The van der Waals surface area contributed by atoms with Crippen molar-refractivity contribution >= 4 is 5.91 Å². The molecule has 0 aromatic carbocycles. The Labute approximate surface area is 112 Å². The molecular weight excluding hydrogens is 224 g/mol. The highest BCUT2D eigenvalue weighted by atomic mass is 16.2. The number of hydrogen-bond acceptors (Lipinski definition) is 2. The van der Waals surface area contributed by atoms with Gasteiger partial charge in [0.2, 0.25) is 5.91 Å². The maximum absolute atomic E-state index is 11.5. The van der Waals surface area contributed by atoms with Crippen LogP contribution in [-0.4, -0.2) is 37.5 Å². The van der Waals surface area contributed by atoms with Crippen molar-refractivity contribution in [2.45, 2.75) is 53.5 Å². The Morgan fingerprint density at radius 1 is 1.28 bits per heavy atom. The van der Waals surface area contributed by atoms with Crippen LogP contribution in [0.2, 0.25) is 0 Å². The van der Waals surface area contributed by atoms with Crippen molar-refractivity contribution in [2.24, 2.45) is 16.7 Å². The van der Waals surface area contributed by atoms with Gasteiger partial charge in [0.15, 0.2) is 0 Å². The number of nitrogens with zero attached hydrogens (tertiary/aromatic N) is 1. The van der Waals surface area contributed by atoms with Gasteiger partial charge in [-0.05, 0) is 23.2 Å². The van der Waals surface area contributed by atoms with Gasteiger partial charge in [-0.25, -0.2) is 0 Å². The molecule has 0 radical (unpaired) electrons. The van der Waals surface area contributed by atoms with Gasteiger partial charge in [0, 0.05) is 33.1 Å². The molecule has 0 saturated heterocycles. The van der Waals surface area contributed by atoms with Gasteiger partial charge in [0.05, 0.1) is 0 Å². The van der Waals surface area contributed by atoms with E-state index in [9.17, 15) is 4.79 Å². The molecule has 0 spiro atoms. The van der Waals surface area contributed by atoms with Crippen molar-refractivity contribution in [3.05, 3.63) is 0 Å². The molecule has 1 aliphatic rings. The van der Waals surface area contributed by atoms with E-state index in [4.69, 9.17) is 0 Å². The quantitative estimate of drug-likeness (QED) is 0.817. The molecule has 3 heteroatoms. The molecule has 1 fully saturated rings. The van der Waals surface area contributed by atoms with Crippen molar-refractivity contribution in [1.82, 2.24) is 10.2 Å². The zero-order valence-electron chi connectivity index (χ0n) is 13.1. The van der Waals surface area contributed by atoms with Crippen LogP contribution in [0.15, 0.2) is 0 Å². The molecule has 0 bridgehead atoms. The predicted molar refractivity (Wildman–Crippen MR) is 76.4 cm³/mol. The third kappa shape index (κ3) is 3.98. The lowest BCUT2D eigenvalue weighted by atomic mass is 9.87. The average Bonchev–Trinajstić information content (AvgIpc) is 2.66. The molecule has 1 saturated carbocycles. The number of nitrogens with one attached hydrogen (secondary N) is 1. The minimum atomic E-state index is 0.202. The van der Waals surface area contributed by atoms with E-state index in [1.165, 1.54) is 6.42 Å². The summed E-state index contributed by atoms with van der Waals surface area (Å²) in [7, 11) is 3.62. The summed E-state index contributed by atoms with van der Waals surface area (Å²) in [5.74, 6) is 0.945. The van der Waals surface area contributed by atoms with Gasteiger partial charge in [-0.15, -0.1) is 0 Å². The van der Waals surface area contributed by atoms with Crippen LogP contribution in [0, 0.1) is 16.7 Å². The normalized spacial score (nSPS) is 25.9. The van der Waals surface area contributed by atoms with Crippen LogP contribution >= 0.6 is 0 Å². The third-order valence-electron chi connectivity index (χ3n) is 4.08. The Hall–Kier alpha value is -0.570. The van der Waals surface area contributed by atoms with Gasteiger partial charge >= 0.3 is 0 Å². The smallest absolute Gasteiger partial charge is 0.223 e. The fraction of sp³-hybridized carbons (Fsp3) is 0.933. The lowest BCUT2D eigenvalue weighted by Crippen LogP contribution is -2.29. The van der Waals surface area contributed by atoms with Crippen molar-refractivity contribution in [1.29, 1.82) is 0 Å². The van der Waals surface area contributed by atoms with E-state index in [1.807, 2.05) is 14.1 Å². The molecule has 1 rings (SSSR count). The first-order valence-electron chi connectivity index (χ1n) is 6.99. The van der Waals surface area contributed by atoms with Crippen LogP contribution in [0.4, 0.5) is 0 Å². The van der Waals surface area contributed by atoms with E-state index in [0.717, 1.165) is 12.5 Å². The van der Waals surface area contributed by atoms with Crippen molar-refractivity contribution in [3.8, 4) is 0 Å². The van der Waals surface area contributed by atoms with Crippen molar-refractivity contribution in [2.75, 3.05) is 20.6 Å². The fourth-order valence-electron chi connectivity index (χ4n) is 2.75. The summed E-state index contributed by atoms with van der Waals surface area (Å²) >= 11 is 0. The summed E-state index contributed by atoms with van der Waals surface area (Å²) in [6, 6.07) is 0.576. The zero-order chi connectivity index (χ0) is 14.1. The lowest BCUT2D eigenvalue weighted by molar-refractivity contribution is -0.128. The predicted octanol–water partition coefficient (Wildman–Crippen LogP) is 2.52. The van der Waals surface area contributed by atoms with E-state index >= 15 is 0 Å². The Bertz CT molecular complexity index is 302. The first-order valence-corrected chi connectivity index (χ1v) is 6.99. The molecular formula is C15H30N2O. The Morgan fingerprint density at radius 3 is 2.28 bits per heavy atom. The monoisotopic (exact) mass is 254 g/mol. The van der Waals surface area contributed by atoms with Crippen LogP contribution in [0.25, 0.3) is 0 Å². The minimum absolute atomic E-state index is 0.202. The second-order valence-corrected chi connectivity index (χ2v) is 7.66. The highest BCUT2D eigenvalue weighted by molar-refractivity contribution is 5.75. The summed E-state index contributed by atoms with van der Waals surface area (Å²) in [4.78, 5) is 13.2. The van der Waals surface area contributed by atoms with E-state index in [2.05, 4.69) is 39.9 Å². The molecule has 3 nitrogen and oxygen atoms in total. The standard InChI is InChI=1S/C15H30N2O/c1-14(2,3)10-11-13(15(11,4)5)16-9-8-12(18)17(6)7/h11,13,16H,8-10H2,1-7H3.